The smallest absolute Gasteiger partial charge is 0.0715 e. The number of hydrogen-bond donors (Lipinski definition) is 0. The zero-order chi connectivity index (χ0) is 40.5. The number of hydrogen-bond acceptors (Lipinski definition) is 1. The van der Waals surface area contributed by atoms with Crippen LogP contribution >= 0.6 is 0 Å². The van der Waals surface area contributed by atoms with E-state index in [2.05, 4.69) is 235 Å². The second kappa shape index (κ2) is 15.6. The van der Waals surface area contributed by atoms with E-state index in [9.17, 15) is 0 Å². The van der Waals surface area contributed by atoms with Gasteiger partial charge in [0.2, 0.25) is 0 Å². The number of pyridine rings is 1. The lowest BCUT2D eigenvalue weighted by molar-refractivity contribution is 1.18. The molecule has 11 aromatic rings. The Labute approximate surface area is 356 Å². The fourth-order valence-corrected chi connectivity index (χ4v) is 8.68. The summed E-state index contributed by atoms with van der Waals surface area (Å²) in [4.78, 5) is 5.11. The van der Waals surface area contributed by atoms with Crippen LogP contribution in [0.5, 0.6) is 0 Å². The monoisotopic (exact) mass is 776 g/mol. The summed E-state index contributed by atoms with van der Waals surface area (Å²) in [5, 5.41) is 2.53. The van der Waals surface area contributed by atoms with Gasteiger partial charge in [-0.05, 0) is 110 Å². The number of aromatic nitrogens is 2. The van der Waals surface area contributed by atoms with Crippen molar-refractivity contribution in [1.29, 1.82) is 0 Å². The maximum atomic E-state index is 5.11. The van der Waals surface area contributed by atoms with E-state index in [0.717, 1.165) is 44.9 Å². The van der Waals surface area contributed by atoms with Crippen molar-refractivity contribution in [3.05, 3.63) is 243 Å². The maximum absolute atomic E-state index is 5.11. The summed E-state index contributed by atoms with van der Waals surface area (Å²) < 4.78 is 2.38. The van der Waals surface area contributed by atoms with Gasteiger partial charge < -0.3 is 4.57 Å². The minimum Gasteiger partial charge on any atom is -0.309 e. The van der Waals surface area contributed by atoms with Crippen LogP contribution in [0.3, 0.4) is 0 Å². The molecule has 0 amide bonds. The van der Waals surface area contributed by atoms with E-state index in [1.165, 1.54) is 60.8 Å². The topological polar surface area (TPSA) is 17.8 Å². The molecule has 0 aliphatic carbocycles. The van der Waals surface area contributed by atoms with E-state index in [4.69, 9.17) is 4.98 Å². The quantitative estimate of drug-likeness (QED) is 0.150. The van der Waals surface area contributed by atoms with Gasteiger partial charge in [0.25, 0.3) is 0 Å². The minimum absolute atomic E-state index is 0.959. The fraction of sp³-hybridized carbons (Fsp3) is 0. The van der Waals surface area contributed by atoms with Crippen molar-refractivity contribution >= 4 is 21.8 Å². The Bertz CT molecular complexity index is 3180. The standard InChI is InChI=1S/C59H40N2/c1-4-14-41(15-5-1)42-24-26-43(27-25-42)49-36-50(38-51(37-49)46-32-34-53(35-33-46)61-58-22-12-10-20-54(58)55-21-11-13-23-59(55)61)44-28-30-45(31-29-44)52-39-56(47-16-6-2-7-17-47)60-57(40-52)48-18-8-3-9-19-48/h1-40H. The molecule has 0 atom stereocenters. The lowest BCUT2D eigenvalue weighted by atomic mass is 9.92. The van der Waals surface area contributed by atoms with Crippen LogP contribution in [-0.2, 0) is 0 Å². The van der Waals surface area contributed by atoms with Gasteiger partial charge in [-0.1, -0.05) is 188 Å². The van der Waals surface area contributed by atoms with Gasteiger partial charge in [-0.15, -0.1) is 0 Å². The van der Waals surface area contributed by atoms with Crippen molar-refractivity contribution < 1.29 is 0 Å². The largest absolute Gasteiger partial charge is 0.309 e. The first-order chi connectivity index (χ1) is 30.2. The van der Waals surface area contributed by atoms with Crippen molar-refractivity contribution in [3.63, 3.8) is 0 Å². The third-order valence-electron chi connectivity index (χ3n) is 11.8. The summed E-state index contributed by atoms with van der Waals surface area (Å²) in [6.45, 7) is 0. The van der Waals surface area contributed by atoms with Crippen molar-refractivity contribution in [1.82, 2.24) is 9.55 Å². The Balaban J connectivity index is 0.993. The van der Waals surface area contributed by atoms with E-state index in [0.29, 0.717) is 0 Å². The van der Waals surface area contributed by atoms with E-state index >= 15 is 0 Å². The van der Waals surface area contributed by atoms with Crippen LogP contribution in [0.15, 0.2) is 243 Å². The Morgan fingerprint density at radius 1 is 0.230 bits per heavy atom. The minimum atomic E-state index is 0.959. The van der Waals surface area contributed by atoms with Crippen LogP contribution in [-0.4, -0.2) is 9.55 Å². The number of nitrogens with zero attached hydrogens (tertiary/aromatic N) is 2. The Morgan fingerprint density at radius 3 is 0.934 bits per heavy atom. The van der Waals surface area contributed by atoms with Crippen molar-refractivity contribution in [2.45, 2.75) is 0 Å². The molecule has 0 saturated carbocycles. The molecule has 0 fully saturated rings. The number of fused-ring (bicyclic) bond motifs is 3. The predicted octanol–water partition coefficient (Wildman–Crippen LogP) is 15.8. The molecule has 0 spiro atoms. The molecular weight excluding hydrogens is 737 g/mol. The van der Waals surface area contributed by atoms with Gasteiger partial charge in [0.1, 0.15) is 0 Å². The summed E-state index contributed by atoms with van der Waals surface area (Å²) in [6.07, 6.45) is 0. The molecule has 0 bridgehead atoms. The lowest BCUT2D eigenvalue weighted by Crippen LogP contribution is -1.93. The summed E-state index contributed by atoms with van der Waals surface area (Å²) in [6, 6.07) is 87.2. The summed E-state index contributed by atoms with van der Waals surface area (Å²) >= 11 is 0. The van der Waals surface area contributed by atoms with E-state index in [1.54, 1.807) is 0 Å². The van der Waals surface area contributed by atoms with Crippen molar-refractivity contribution in [2.24, 2.45) is 0 Å². The molecule has 0 aliphatic heterocycles. The molecule has 2 heteroatoms. The van der Waals surface area contributed by atoms with Crippen molar-refractivity contribution in [3.8, 4) is 83.8 Å². The molecule has 0 saturated heterocycles. The van der Waals surface area contributed by atoms with Gasteiger partial charge in [-0.3, -0.25) is 0 Å². The highest BCUT2D eigenvalue weighted by Crippen LogP contribution is 2.38. The van der Waals surface area contributed by atoms with Crippen molar-refractivity contribution in [2.75, 3.05) is 0 Å². The number of para-hydroxylation sites is 2. The summed E-state index contributed by atoms with van der Waals surface area (Å²) in [7, 11) is 0. The molecule has 286 valence electrons. The number of benzene rings is 9. The van der Waals surface area contributed by atoms with Gasteiger partial charge in [0.05, 0.1) is 22.4 Å². The van der Waals surface area contributed by atoms with Crippen LogP contribution in [0.4, 0.5) is 0 Å². The average Bonchev–Trinajstić information content (AvgIpc) is 3.69. The average molecular weight is 777 g/mol. The van der Waals surface area contributed by atoms with Gasteiger partial charge >= 0.3 is 0 Å². The van der Waals surface area contributed by atoms with E-state index < -0.39 is 0 Å². The third kappa shape index (κ3) is 7.01. The molecule has 61 heavy (non-hydrogen) atoms. The molecular formula is C59H40N2. The van der Waals surface area contributed by atoms with Crippen LogP contribution in [0.25, 0.3) is 106 Å². The fourth-order valence-electron chi connectivity index (χ4n) is 8.68. The van der Waals surface area contributed by atoms with Gasteiger partial charge in [-0.25, -0.2) is 4.98 Å². The zero-order valence-electron chi connectivity index (χ0n) is 33.5. The highest BCUT2D eigenvalue weighted by atomic mass is 15.0. The molecule has 0 radical (unpaired) electrons. The Hall–Kier alpha value is -8.07. The molecule has 0 N–H and O–H groups in total. The molecule has 9 aromatic carbocycles. The normalized spacial score (nSPS) is 11.3. The molecule has 2 aromatic heterocycles. The van der Waals surface area contributed by atoms with Crippen LogP contribution in [0.1, 0.15) is 0 Å². The third-order valence-corrected chi connectivity index (χ3v) is 11.8. The van der Waals surface area contributed by atoms with Crippen LogP contribution < -0.4 is 0 Å². The lowest BCUT2D eigenvalue weighted by Gasteiger charge is -2.14. The molecule has 2 heterocycles. The second-order valence-electron chi connectivity index (χ2n) is 15.6. The predicted molar refractivity (Wildman–Crippen MR) is 257 cm³/mol. The van der Waals surface area contributed by atoms with Gasteiger partial charge in [0.15, 0.2) is 0 Å². The summed E-state index contributed by atoms with van der Waals surface area (Å²) in [5.41, 5.74) is 19.4. The first-order valence-corrected chi connectivity index (χ1v) is 20.9. The molecule has 0 unspecified atom stereocenters. The zero-order valence-corrected chi connectivity index (χ0v) is 33.5. The molecule has 0 aliphatic rings. The van der Waals surface area contributed by atoms with E-state index in [-0.39, 0.29) is 0 Å². The Morgan fingerprint density at radius 2 is 0.525 bits per heavy atom. The van der Waals surface area contributed by atoms with Crippen LogP contribution in [0, 0.1) is 0 Å². The first-order valence-electron chi connectivity index (χ1n) is 20.9. The molecule has 2 nitrogen and oxygen atoms in total. The first kappa shape index (κ1) is 36.0. The van der Waals surface area contributed by atoms with Gasteiger partial charge in [0, 0.05) is 27.6 Å². The summed E-state index contributed by atoms with van der Waals surface area (Å²) in [5.74, 6) is 0. The maximum Gasteiger partial charge on any atom is 0.0715 e. The SMILES string of the molecule is c1ccc(-c2ccc(-c3cc(-c4ccc(-c5cc(-c6ccccc6)nc(-c6ccccc6)c5)cc4)cc(-c4ccc(-n5c6ccccc6c6ccccc65)cc4)c3)cc2)cc1. The van der Waals surface area contributed by atoms with Crippen LogP contribution in [0.2, 0.25) is 0 Å². The van der Waals surface area contributed by atoms with Gasteiger partial charge in [-0.2, -0.15) is 0 Å². The van der Waals surface area contributed by atoms with E-state index in [1.807, 2.05) is 12.1 Å². The molecule has 11 rings (SSSR count). The number of rotatable bonds is 8. The Kier molecular flexibility index (Phi) is 9.22. The highest BCUT2D eigenvalue weighted by molar-refractivity contribution is 6.09. The second-order valence-corrected chi connectivity index (χ2v) is 15.6. The highest BCUT2D eigenvalue weighted by Gasteiger charge is 2.14.